The molecule has 90 valence electrons. The zero-order valence-corrected chi connectivity index (χ0v) is 9.07. The molecule has 0 spiro atoms. The maximum absolute atomic E-state index is 13.7. The molecule has 0 aliphatic rings. The molecule has 0 radical (unpaired) electrons. The van der Waals surface area contributed by atoms with Gasteiger partial charge >= 0.3 is 0 Å². The van der Waals surface area contributed by atoms with Gasteiger partial charge in [0.1, 0.15) is 29.3 Å². The van der Waals surface area contributed by atoms with Crippen molar-refractivity contribution in [2.75, 3.05) is 0 Å². The summed E-state index contributed by atoms with van der Waals surface area (Å²) in [5.41, 5.74) is 0.822. The predicted octanol–water partition coefficient (Wildman–Crippen LogP) is 3.44. The molecule has 0 N–H and O–H groups in total. The summed E-state index contributed by atoms with van der Waals surface area (Å²) in [4.78, 5) is 3.99. The van der Waals surface area contributed by atoms with E-state index in [2.05, 4.69) is 4.98 Å². The molecular weight excluding hydrogens is 241 g/mol. The molecule has 1 heterocycles. The van der Waals surface area contributed by atoms with Crippen LogP contribution in [0.2, 0.25) is 0 Å². The Labute approximate surface area is 100 Å². The molecular formula is C13H7F3N2. The second kappa shape index (κ2) is 3.87. The largest absolute Gasteiger partial charge is 0.296 e. The average Bonchev–Trinajstić information content (AvgIpc) is 2.73. The summed E-state index contributed by atoms with van der Waals surface area (Å²) in [5.74, 6) is -1.93. The number of halogens is 3. The van der Waals surface area contributed by atoms with Crippen LogP contribution in [0.3, 0.4) is 0 Å². The summed E-state index contributed by atoms with van der Waals surface area (Å²) in [6.45, 7) is 0. The Morgan fingerprint density at radius 3 is 2.39 bits per heavy atom. The monoisotopic (exact) mass is 248 g/mol. The maximum Gasteiger partial charge on any atom is 0.149 e. The minimum atomic E-state index is -0.719. The average molecular weight is 248 g/mol. The number of nitrogens with zero attached hydrogens (tertiary/aromatic N) is 2. The van der Waals surface area contributed by atoms with Crippen LogP contribution in [-0.2, 0) is 0 Å². The van der Waals surface area contributed by atoms with Crippen molar-refractivity contribution in [1.82, 2.24) is 9.55 Å². The highest BCUT2D eigenvalue weighted by Crippen LogP contribution is 2.22. The summed E-state index contributed by atoms with van der Waals surface area (Å²) in [6, 6.07) is 7.44. The lowest BCUT2D eigenvalue weighted by atomic mass is 10.2. The SMILES string of the molecule is Fc1cc(F)cc(-n2cnc3cccc(F)c32)c1. The normalized spacial score (nSPS) is 11.1. The minimum absolute atomic E-state index is 0.195. The number of para-hydroxylation sites is 1. The van der Waals surface area contributed by atoms with Gasteiger partial charge in [0.05, 0.1) is 11.2 Å². The Morgan fingerprint density at radius 2 is 1.67 bits per heavy atom. The summed E-state index contributed by atoms with van der Waals surface area (Å²) < 4.78 is 41.3. The molecule has 0 aliphatic carbocycles. The summed E-state index contributed by atoms with van der Waals surface area (Å²) in [7, 11) is 0. The standard InChI is InChI=1S/C13H7F3N2/c14-8-4-9(15)6-10(5-8)18-7-17-12-3-1-2-11(16)13(12)18/h1-7H. The molecule has 0 fully saturated rings. The van der Waals surface area contributed by atoms with Gasteiger partial charge in [0, 0.05) is 6.07 Å². The van der Waals surface area contributed by atoms with Gasteiger partial charge in [-0.3, -0.25) is 4.57 Å². The number of hydrogen-bond acceptors (Lipinski definition) is 1. The van der Waals surface area contributed by atoms with Crippen LogP contribution in [0.15, 0.2) is 42.7 Å². The van der Waals surface area contributed by atoms with Crippen LogP contribution >= 0.6 is 0 Å². The van der Waals surface area contributed by atoms with Gasteiger partial charge in [0.2, 0.25) is 0 Å². The molecule has 0 saturated carbocycles. The summed E-state index contributed by atoms with van der Waals surface area (Å²) >= 11 is 0. The Kier molecular flexibility index (Phi) is 2.33. The fourth-order valence-electron chi connectivity index (χ4n) is 1.90. The van der Waals surface area contributed by atoms with Crippen LogP contribution in [0.5, 0.6) is 0 Å². The lowest BCUT2D eigenvalue weighted by Gasteiger charge is -2.05. The van der Waals surface area contributed by atoms with Crippen molar-refractivity contribution < 1.29 is 13.2 Å². The predicted molar refractivity (Wildman–Crippen MR) is 60.9 cm³/mol. The van der Waals surface area contributed by atoms with Crippen molar-refractivity contribution in [3.63, 3.8) is 0 Å². The van der Waals surface area contributed by atoms with Crippen molar-refractivity contribution in [3.05, 3.63) is 60.2 Å². The van der Waals surface area contributed by atoms with Crippen LogP contribution in [0.4, 0.5) is 13.2 Å². The molecule has 1 aromatic heterocycles. The van der Waals surface area contributed by atoms with Crippen LogP contribution in [0, 0.1) is 17.5 Å². The molecule has 2 aromatic carbocycles. The molecule has 0 saturated heterocycles. The van der Waals surface area contributed by atoms with Gasteiger partial charge in [0.15, 0.2) is 0 Å². The third-order valence-corrected chi connectivity index (χ3v) is 2.64. The summed E-state index contributed by atoms with van der Waals surface area (Å²) in [6.07, 6.45) is 1.34. The van der Waals surface area contributed by atoms with Gasteiger partial charge in [0.25, 0.3) is 0 Å². The Morgan fingerprint density at radius 1 is 0.944 bits per heavy atom. The highest BCUT2D eigenvalue weighted by Gasteiger charge is 2.10. The van der Waals surface area contributed by atoms with E-state index in [1.807, 2.05) is 0 Å². The summed E-state index contributed by atoms with van der Waals surface area (Å²) in [5, 5.41) is 0. The van der Waals surface area contributed by atoms with E-state index in [0.717, 1.165) is 18.2 Å². The smallest absolute Gasteiger partial charge is 0.149 e. The number of fused-ring (bicyclic) bond motifs is 1. The van der Waals surface area contributed by atoms with E-state index in [9.17, 15) is 13.2 Å². The van der Waals surface area contributed by atoms with Gasteiger partial charge in [-0.2, -0.15) is 0 Å². The second-order valence-corrected chi connectivity index (χ2v) is 3.85. The Bertz CT molecular complexity index is 714. The molecule has 0 bridgehead atoms. The number of benzene rings is 2. The molecule has 5 heteroatoms. The second-order valence-electron chi connectivity index (χ2n) is 3.85. The quantitative estimate of drug-likeness (QED) is 0.645. The van der Waals surface area contributed by atoms with Crippen LogP contribution < -0.4 is 0 Å². The van der Waals surface area contributed by atoms with E-state index in [4.69, 9.17) is 0 Å². The van der Waals surface area contributed by atoms with Crippen molar-refractivity contribution in [1.29, 1.82) is 0 Å². The fraction of sp³-hybridized carbons (Fsp3) is 0. The van der Waals surface area contributed by atoms with E-state index in [0.29, 0.717) is 5.52 Å². The number of rotatable bonds is 1. The zero-order valence-electron chi connectivity index (χ0n) is 9.07. The first-order valence-electron chi connectivity index (χ1n) is 5.23. The third kappa shape index (κ3) is 1.64. The molecule has 0 atom stereocenters. The van der Waals surface area contributed by atoms with Crippen molar-refractivity contribution in [2.45, 2.75) is 0 Å². The minimum Gasteiger partial charge on any atom is -0.296 e. The van der Waals surface area contributed by atoms with Crippen LogP contribution in [0.25, 0.3) is 16.7 Å². The molecule has 3 aromatic rings. The molecule has 0 aliphatic heterocycles. The van der Waals surface area contributed by atoms with Crippen molar-refractivity contribution in [3.8, 4) is 5.69 Å². The molecule has 18 heavy (non-hydrogen) atoms. The van der Waals surface area contributed by atoms with E-state index >= 15 is 0 Å². The van der Waals surface area contributed by atoms with Crippen molar-refractivity contribution in [2.24, 2.45) is 0 Å². The third-order valence-electron chi connectivity index (χ3n) is 2.64. The van der Waals surface area contributed by atoms with E-state index in [-0.39, 0.29) is 11.2 Å². The van der Waals surface area contributed by atoms with E-state index in [1.165, 1.54) is 23.0 Å². The molecule has 0 amide bonds. The zero-order chi connectivity index (χ0) is 12.7. The first kappa shape index (κ1) is 10.8. The Hall–Kier alpha value is -2.30. The first-order chi connectivity index (χ1) is 8.65. The molecule has 0 unspecified atom stereocenters. The topological polar surface area (TPSA) is 17.8 Å². The van der Waals surface area contributed by atoms with Gasteiger partial charge in [-0.1, -0.05) is 6.07 Å². The lowest BCUT2D eigenvalue weighted by molar-refractivity contribution is 0.581. The lowest BCUT2D eigenvalue weighted by Crippen LogP contribution is -1.96. The van der Waals surface area contributed by atoms with Gasteiger partial charge in [-0.25, -0.2) is 18.2 Å². The van der Waals surface area contributed by atoms with E-state index in [1.54, 1.807) is 6.07 Å². The van der Waals surface area contributed by atoms with Crippen molar-refractivity contribution >= 4 is 11.0 Å². The number of aromatic nitrogens is 2. The number of hydrogen-bond donors (Lipinski definition) is 0. The molecule has 2 nitrogen and oxygen atoms in total. The van der Waals surface area contributed by atoms with Gasteiger partial charge in [-0.15, -0.1) is 0 Å². The van der Waals surface area contributed by atoms with Gasteiger partial charge < -0.3 is 0 Å². The van der Waals surface area contributed by atoms with Crippen LogP contribution in [-0.4, -0.2) is 9.55 Å². The highest BCUT2D eigenvalue weighted by atomic mass is 19.1. The maximum atomic E-state index is 13.7. The number of imidazole rings is 1. The fourth-order valence-corrected chi connectivity index (χ4v) is 1.90. The Balaban J connectivity index is 2.31. The highest BCUT2D eigenvalue weighted by molar-refractivity contribution is 5.77. The first-order valence-corrected chi connectivity index (χ1v) is 5.23. The van der Waals surface area contributed by atoms with Gasteiger partial charge in [-0.05, 0) is 24.3 Å². The van der Waals surface area contributed by atoms with Crippen LogP contribution in [0.1, 0.15) is 0 Å². The van der Waals surface area contributed by atoms with E-state index < -0.39 is 17.5 Å². The molecule has 3 rings (SSSR count).